The number of amides is 1. The molecule has 126 valence electrons. The molecule has 2 fully saturated rings. The van der Waals surface area contributed by atoms with Crippen LogP contribution in [0.5, 0.6) is 0 Å². The number of carbonyl (C=O) groups excluding carboxylic acids is 1. The van der Waals surface area contributed by atoms with Crippen molar-refractivity contribution < 1.29 is 13.9 Å². The lowest BCUT2D eigenvalue weighted by atomic mass is 9.89. The molecule has 7 nitrogen and oxygen atoms in total. The summed E-state index contributed by atoms with van der Waals surface area (Å²) in [6, 6.07) is 4.21. The second-order valence-corrected chi connectivity index (χ2v) is 6.29. The van der Waals surface area contributed by atoms with Crippen molar-refractivity contribution in [3.8, 4) is 0 Å². The smallest absolute Gasteiger partial charge is 0.230 e. The van der Waals surface area contributed by atoms with Crippen molar-refractivity contribution in [2.45, 2.75) is 31.5 Å². The maximum atomic E-state index is 12.6. The van der Waals surface area contributed by atoms with E-state index in [4.69, 9.17) is 9.15 Å². The van der Waals surface area contributed by atoms with Gasteiger partial charge in [0.25, 0.3) is 0 Å². The van der Waals surface area contributed by atoms with E-state index in [0.717, 1.165) is 25.2 Å². The lowest BCUT2D eigenvalue weighted by molar-refractivity contribution is -0.124. The van der Waals surface area contributed by atoms with Crippen LogP contribution in [-0.4, -0.2) is 46.1 Å². The summed E-state index contributed by atoms with van der Waals surface area (Å²) in [5.74, 6) is 1.22. The van der Waals surface area contributed by atoms with Gasteiger partial charge in [-0.15, -0.1) is 0 Å². The average molecular weight is 328 g/mol. The maximum absolute atomic E-state index is 12.6. The molecule has 0 radical (unpaired) electrons. The van der Waals surface area contributed by atoms with Gasteiger partial charge in [0.1, 0.15) is 5.76 Å². The lowest BCUT2D eigenvalue weighted by Gasteiger charge is -2.39. The molecule has 0 aromatic carbocycles. The predicted octanol–water partition coefficient (Wildman–Crippen LogP) is 1.69. The predicted molar refractivity (Wildman–Crippen MR) is 86.0 cm³/mol. The highest BCUT2D eigenvalue weighted by atomic mass is 16.5. The Balaban J connectivity index is 1.46. The van der Waals surface area contributed by atoms with E-state index < -0.39 is 0 Å². The van der Waals surface area contributed by atoms with Gasteiger partial charge < -0.3 is 14.5 Å². The van der Waals surface area contributed by atoms with E-state index in [0.29, 0.717) is 24.9 Å². The van der Waals surface area contributed by atoms with Crippen LogP contribution in [-0.2, 0) is 16.1 Å². The van der Waals surface area contributed by atoms with Gasteiger partial charge in [-0.3, -0.25) is 14.7 Å². The first-order valence-electron chi connectivity index (χ1n) is 8.24. The number of nitrogens with one attached hydrogen (secondary N) is 1. The SMILES string of the molecule is O=C(Nc1cnccn1)[C@@H]1C[C@@H]2OCC[C@@H]2N(Cc2ccco2)C1. The largest absolute Gasteiger partial charge is 0.468 e. The number of likely N-dealkylation sites (tertiary alicyclic amines) is 1. The van der Waals surface area contributed by atoms with Crippen LogP contribution in [0.4, 0.5) is 5.82 Å². The van der Waals surface area contributed by atoms with Crippen molar-refractivity contribution in [3.05, 3.63) is 42.7 Å². The van der Waals surface area contributed by atoms with Gasteiger partial charge in [-0.25, -0.2) is 4.98 Å². The topological polar surface area (TPSA) is 80.5 Å². The summed E-state index contributed by atoms with van der Waals surface area (Å²) < 4.78 is 11.3. The third-order valence-electron chi connectivity index (χ3n) is 4.74. The minimum atomic E-state index is -0.138. The van der Waals surface area contributed by atoms with E-state index >= 15 is 0 Å². The van der Waals surface area contributed by atoms with E-state index in [9.17, 15) is 4.79 Å². The van der Waals surface area contributed by atoms with Gasteiger partial charge in [-0.2, -0.15) is 0 Å². The van der Waals surface area contributed by atoms with Gasteiger partial charge >= 0.3 is 0 Å². The number of hydrogen-bond donors (Lipinski definition) is 1. The number of nitrogens with zero attached hydrogens (tertiary/aromatic N) is 3. The molecule has 0 bridgehead atoms. The first-order valence-corrected chi connectivity index (χ1v) is 8.24. The van der Waals surface area contributed by atoms with Crippen molar-refractivity contribution in [1.82, 2.24) is 14.9 Å². The fraction of sp³-hybridized carbons (Fsp3) is 0.471. The Hall–Kier alpha value is -2.25. The summed E-state index contributed by atoms with van der Waals surface area (Å²) in [5, 5.41) is 2.85. The number of furan rings is 1. The van der Waals surface area contributed by atoms with Gasteiger partial charge in [0, 0.05) is 31.6 Å². The number of aromatic nitrogens is 2. The van der Waals surface area contributed by atoms with Crippen LogP contribution in [0.25, 0.3) is 0 Å². The van der Waals surface area contributed by atoms with Crippen LogP contribution in [0.2, 0.25) is 0 Å². The normalized spacial score (nSPS) is 26.9. The van der Waals surface area contributed by atoms with Gasteiger partial charge in [-0.1, -0.05) is 0 Å². The summed E-state index contributed by atoms with van der Waals surface area (Å²) in [6.45, 7) is 2.15. The van der Waals surface area contributed by atoms with Crippen molar-refractivity contribution in [2.24, 2.45) is 5.92 Å². The molecular weight excluding hydrogens is 308 g/mol. The number of hydrogen-bond acceptors (Lipinski definition) is 6. The Morgan fingerprint density at radius 3 is 3.17 bits per heavy atom. The zero-order valence-corrected chi connectivity index (χ0v) is 13.3. The molecule has 0 unspecified atom stereocenters. The summed E-state index contributed by atoms with van der Waals surface area (Å²) >= 11 is 0. The van der Waals surface area contributed by atoms with Crippen molar-refractivity contribution in [1.29, 1.82) is 0 Å². The fourth-order valence-corrected chi connectivity index (χ4v) is 3.62. The number of fused-ring (bicyclic) bond motifs is 1. The number of rotatable bonds is 4. The molecule has 1 N–H and O–H groups in total. The highest BCUT2D eigenvalue weighted by Gasteiger charge is 2.42. The molecule has 3 atom stereocenters. The molecular formula is C17H20N4O3. The quantitative estimate of drug-likeness (QED) is 0.920. The lowest BCUT2D eigenvalue weighted by Crippen LogP contribution is -2.51. The van der Waals surface area contributed by atoms with Gasteiger partial charge in [0.2, 0.25) is 5.91 Å². The molecule has 1 amide bonds. The molecule has 2 saturated heterocycles. The first-order chi connectivity index (χ1) is 11.8. The van der Waals surface area contributed by atoms with Crippen LogP contribution in [0.15, 0.2) is 41.4 Å². The first kappa shape index (κ1) is 15.3. The molecule has 2 aromatic rings. The van der Waals surface area contributed by atoms with Crippen LogP contribution < -0.4 is 5.32 Å². The Kier molecular flexibility index (Phi) is 4.27. The zero-order chi connectivity index (χ0) is 16.4. The van der Waals surface area contributed by atoms with Gasteiger partial charge in [0.05, 0.1) is 31.0 Å². The molecule has 2 aliphatic heterocycles. The van der Waals surface area contributed by atoms with Crippen LogP contribution in [0.3, 0.4) is 0 Å². The minimum absolute atomic E-state index is 0.0334. The van der Waals surface area contributed by atoms with Crippen molar-refractivity contribution >= 4 is 11.7 Å². The Labute approximate surface area is 140 Å². The van der Waals surface area contributed by atoms with Gasteiger partial charge in [0.15, 0.2) is 5.82 Å². The summed E-state index contributed by atoms with van der Waals surface area (Å²) in [5.41, 5.74) is 0. The Bertz CT molecular complexity index is 676. The summed E-state index contributed by atoms with van der Waals surface area (Å²) in [7, 11) is 0. The van der Waals surface area contributed by atoms with E-state index in [-0.39, 0.29) is 17.9 Å². The summed E-state index contributed by atoms with van der Waals surface area (Å²) in [6.07, 6.45) is 8.23. The fourth-order valence-electron chi connectivity index (χ4n) is 3.62. The molecule has 0 aliphatic carbocycles. The average Bonchev–Trinajstić information content (AvgIpc) is 3.27. The molecule has 24 heavy (non-hydrogen) atoms. The van der Waals surface area contributed by atoms with Gasteiger partial charge in [-0.05, 0) is 25.0 Å². The van der Waals surface area contributed by atoms with Crippen molar-refractivity contribution in [2.75, 3.05) is 18.5 Å². The summed E-state index contributed by atoms with van der Waals surface area (Å²) in [4.78, 5) is 23.0. The molecule has 4 heterocycles. The third kappa shape index (κ3) is 3.18. The zero-order valence-electron chi connectivity index (χ0n) is 13.3. The van der Waals surface area contributed by atoms with Crippen LogP contribution in [0.1, 0.15) is 18.6 Å². The van der Waals surface area contributed by atoms with E-state index in [1.54, 1.807) is 24.9 Å². The number of piperidine rings is 1. The third-order valence-corrected chi connectivity index (χ3v) is 4.74. The number of anilines is 1. The highest BCUT2D eigenvalue weighted by Crippen LogP contribution is 2.32. The van der Waals surface area contributed by atoms with E-state index in [1.165, 1.54) is 0 Å². The second-order valence-electron chi connectivity index (χ2n) is 6.29. The highest BCUT2D eigenvalue weighted by molar-refractivity contribution is 5.91. The second kappa shape index (κ2) is 6.70. The standard InChI is InChI=1S/C17H20N4O3/c22-17(20-16-9-18-4-5-19-16)12-8-15-14(3-7-24-15)21(10-12)11-13-2-1-6-23-13/h1-2,4-6,9,12,14-15H,3,7-8,10-11H2,(H,19,20,22)/t12-,14+,15+/m1/s1. The maximum Gasteiger partial charge on any atom is 0.230 e. The van der Waals surface area contributed by atoms with Crippen LogP contribution in [0, 0.1) is 5.92 Å². The minimum Gasteiger partial charge on any atom is -0.468 e. The Morgan fingerprint density at radius 2 is 2.38 bits per heavy atom. The molecule has 0 saturated carbocycles. The van der Waals surface area contributed by atoms with E-state index in [1.807, 2.05) is 12.1 Å². The molecule has 2 aliphatic rings. The molecule has 4 rings (SSSR count). The van der Waals surface area contributed by atoms with Crippen LogP contribution >= 0.6 is 0 Å². The molecule has 2 aromatic heterocycles. The number of carbonyl (C=O) groups is 1. The molecule has 0 spiro atoms. The van der Waals surface area contributed by atoms with Crippen molar-refractivity contribution in [3.63, 3.8) is 0 Å². The monoisotopic (exact) mass is 328 g/mol. The number of ether oxygens (including phenoxy) is 1. The van der Waals surface area contributed by atoms with E-state index in [2.05, 4.69) is 20.2 Å². The Morgan fingerprint density at radius 1 is 1.42 bits per heavy atom. The molecule has 7 heteroatoms.